The van der Waals surface area contributed by atoms with Crippen LogP contribution >= 0.6 is 0 Å². The molecule has 1 fully saturated rings. The summed E-state index contributed by atoms with van der Waals surface area (Å²) in [4.78, 5) is 30.8. The number of benzene rings is 3. The molecule has 5 rings (SSSR count). The Morgan fingerprint density at radius 1 is 0.763 bits per heavy atom. The highest BCUT2D eigenvalue weighted by Gasteiger charge is 2.22. The fourth-order valence-electron chi connectivity index (χ4n) is 4.13. The van der Waals surface area contributed by atoms with E-state index in [1.165, 1.54) is 0 Å². The number of hydrogen-bond donors (Lipinski definition) is 3. The molecule has 4 aromatic rings. The molecule has 0 unspecified atom stereocenters. The van der Waals surface area contributed by atoms with Crippen molar-refractivity contribution >= 4 is 40.8 Å². The molecule has 0 radical (unpaired) electrons. The second kappa shape index (κ2) is 12.0. The van der Waals surface area contributed by atoms with Crippen LogP contribution in [-0.4, -0.2) is 65.6 Å². The molecule has 1 saturated heterocycles. The van der Waals surface area contributed by atoms with Crippen LogP contribution < -0.4 is 25.6 Å². The number of methoxy groups -OCH3 is 1. The highest BCUT2D eigenvalue weighted by Crippen LogP contribution is 2.21. The lowest BCUT2D eigenvalue weighted by Crippen LogP contribution is -2.49. The summed E-state index contributed by atoms with van der Waals surface area (Å²) in [6.07, 6.45) is 0. The number of ether oxygens (including phenoxy) is 1. The lowest BCUT2D eigenvalue weighted by atomic mass is 10.3. The second-order valence-electron chi connectivity index (χ2n) is 8.81. The first-order chi connectivity index (χ1) is 18.6. The fourth-order valence-corrected chi connectivity index (χ4v) is 4.13. The summed E-state index contributed by atoms with van der Waals surface area (Å²) in [5, 5.41) is 9.49. The maximum atomic E-state index is 12.6. The molecule has 2 heterocycles. The van der Waals surface area contributed by atoms with Gasteiger partial charge in [0.1, 0.15) is 5.75 Å². The average molecular weight is 511 g/mol. The molecular weight excluding hydrogens is 480 g/mol. The lowest BCUT2D eigenvalue weighted by molar-refractivity contribution is -0.117. The van der Waals surface area contributed by atoms with E-state index in [0.717, 1.165) is 17.1 Å². The van der Waals surface area contributed by atoms with Gasteiger partial charge < -0.3 is 25.6 Å². The van der Waals surface area contributed by atoms with Crippen molar-refractivity contribution in [3.8, 4) is 5.75 Å². The van der Waals surface area contributed by atoms with Gasteiger partial charge in [-0.3, -0.25) is 9.69 Å². The number of carbonyl (C=O) groups excluding carboxylic acids is 1. The van der Waals surface area contributed by atoms with E-state index in [-0.39, 0.29) is 5.91 Å². The van der Waals surface area contributed by atoms with Crippen molar-refractivity contribution < 1.29 is 9.53 Å². The number of carbonyl (C=O) groups is 1. The summed E-state index contributed by atoms with van der Waals surface area (Å²) in [5.41, 5.74) is 2.50. The van der Waals surface area contributed by atoms with Crippen LogP contribution in [0.1, 0.15) is 0 Å². The number of amides is 1. The van der Waals surface area contributed by atoms with E-state index in [9.17, 15) is 4.79 Å². The minimum absolute atomic E-state index is 0.0597. The van der Waals surface area contributed by atoms with Crippen molar-refractivity contribution in [2.45, 2.75) is 0 Å². The SMILES string of the molecule is COc1cccc(NC(=O)CN2CCN(c3nc(Nc4ccccc4)nc(Nc4ccccc4)n3)CC2)c1. The molecule has 1 amide bonds. The molecule has 10 nitrogen and oxygen atoms in total. The highest BCUT2D eigenvalue weighted by atomic mass is 16.5. The van der Waals surface area contributed by atoms with Crippen LogP contribution in [0, 0.1) is 0 Å². The van der Waals surface area contributed by atoms with Crippen LogP contribution in [0.25, 0.3) is 0 Å². The third kappa shape index (κ3) is 6.74. The number of piperazine rings is 1. The van der Waals surface area contributed by atoms with Gasteiger partial charge in [0.05, 0.1) is 13.7 Å². The van der Waals surface area contributed by atoms with E-state index in [0.29, 0.717) is 56.3 Å². The standard InChI is InChI=1S/C28H30N8O2/c1-38-24-14-8-13-23(19-24)29-25(37)20-35-15-17-36(18-16-35)28-33-26(30-21-9-4-2-5-10-21)32-27(34-28)31-22-11-6-3-7-12-22/h2-14,19H,15-18,20H2,1H3,(H,29,37)(H2,30,31,32,33,34). The third-order valence-electron chi connectivity index (χ3n) is 6.06. The Morgan fingerprint density at radius 2 is 1.34 bits per heavy atom. The molecule has 0 aliphatic carbocycles. The minimum Gasteiger partial charge on any atom is -0.497 e. The summed E-state index contributed by atoms with van der Waals surface area (Å²) < 4.78 is 5.23. The van der Waals surface area contributed by atoms with Crippen LogP contribution in [0.4, 0.5) is 34.9 Å². The van der Waals surface area contributed by atoms with Crippen molar-refractivity contribution in [3.63, 3.8) is 0 Å². The Kier molecular flexibility index (Phi) is 7.90. The number of para-hydroxylation sites is 2. The van der Waals surface area contributed by atoms with Gasteiger partial charge in [0.15, 0.2) is 0 Å². The zero-order valence-corrected chi connectivity index (χ0v) is 21.2. The number of anilines is 6. The largest absolute Gasteiger partial charge is 0.497 e. The molecule has 194 valence electrons. The first kappa shape index (κ1) is 25.0. The van der Waals surface area contributed by atoms with Crippen LogP contribution in [-0.2, 0) is 4.79 Å². The van der Waals surface area contributed by atoms with Crippen LogP contribution in [0.2, 0.25) is 0 Å². The molecule has 10 heteroatoms. The maximum absolute atomic E-state index is 12.6. The molecule has 0 spiro atoms. The topological polar surface area (TPSA) is 108 Å². The smallest absolute Gasteiger partial charge is 0.238 e. The number of nitrogens with one attached hydrogen (secondary N) is 3. The first-order valence-corrected chi connectivity index (χ1v) is 12.5. The van der Waals surface area contributed by atoms with Crippen molar-refractivity contribution in [3.05, 3.63) is 84.9 Å². The third-order valence-corrected chi connectivity index (χ3v) is 6.06. The number of nitrogens with zero attached hydrogens (tertiary/aromatic N) is 5. The van der Waals surface area contributed by atoms with Gasteiger partial charge in [-0.1, -0.05) is 42.5 Å². The number of rotatable bonds is 9. The van der Waals surface area contributed by atoms with Gasteiger partial charge in [0.2, 0.25) is 23.8 Å². The van der Waals surface area contributed by atoms with Gasteiger partial charge in [-0.2, -0.15) is 15.0 Å². The molecule has 0 saturated carbocycles. The lowest BCUT2D eigenvalue weighted by Gasteiger charge is -2.34. The maximum Gasteiger partial charge on any atom is 0.238 e. The summed E-state index contributed by atoms with van der Waals surface area (Å²) in [6.45, 7) is 3.10. The summed E-state index contributed by atoms with van der Waals surface area (Å²) in [6, 6.07) is 26.9. The Bertz CT molecular complexity index is 1290. The molecule has 1 aliphatic heterocycles. The highest BCUT2D eigenvalue weighted by molar-refractivity contribution is 5.92. The van der Waals surface area contributed by atoms with Crippen molar-refractivity contribution in [1.29, 1.82) is 0 Å². The Labute approximate surface area is 221 Å². The quantitative estimate of drug-likeness (QED) is 0.306. The summed E-state index contributed by atoms with van der Waals surface area (Å²) >= 11 is 0. The Hall–Kier alpha value is -4.70. The Balaban J connectivity index is 1.24. The molecule has 1 aromatic heterocycles. The van der Waals surface area contributed by atoms with E-state index in [4.69, 9.17) is 14.7 Å². The summed E-state index contributed by atoms with van der Waals surface area (Å²) in [5.74, 6) is 2.14. The molecule has 38 heavy (non-hydrogen) atoms. The van der Waals surface area contributed by atoms with Crippen molar-refractivity contribution in [2.75, 3.05) is 60.7 Å². The molecule has 3 N–H and O–H groups in total. The van der Waals surface area contributed by atoms with Crippen LogP contribution in [0.15, 0.2) is 84.9 Å². The van der Waals surface area contributed by atoms with Gasteiger partial charge in [0, 0.05) is 49.3 Å². The van der Waals surface area contributed by atoms with Gasteiger partial charge in [-0.05, 0) is 36.4 Å². The van der Waals surface area contributed by atoms with E-state index >= 15 is 0 Å². The van der Waals surface area contributed by atoms with E-state index in [1.54, 1.807) is 13.2 Å². The van der Waals surface area contributed by atoms with Crippen molar-refractivity contribution in [1.82, 2.24) is 19.9 Å². The van der Waals surface area contributed by atoms with E-state index in [2.05, 4.69) is 30.7 Å². The predicted octanol–water partition coefficient (Wildman–Crippen LogP) is 4.13. The van der Waals surface area contributed by atoms with Gasteiger partial charge >= 0.3 is 0 Å². The van der Waals surface area contributed by atoms with Crippen molar-refractivity contribution in [2.24, 2.45) is 0 Å². The fraction of sp³-hybridized carbons (Fsp3) is 0.214. The monoisotopic (exact) mass is 510 g/mol. The molecule has 0 bridgehead atoms. The molecule has 3 aromatic carbocycles. The molecular formula is C28H30N8O2. The zero-order chi connectivity index (χ0) is 26.2. The molecule has 0 atom stereocenters. The van der Waals surface area contributed by atoms with E-state index < -0.39 is 0 Å². The zero-order valence-electron chi connectivity index (χ0n) is 21.2. The second-order valence-corrected chi connectivity index (χ2v) is 8.81. The van der Waals surface area contributed by atoms with Gasteiger partial charge in [0.25, 0.3) is 0 Å². The number of aromatic nitrogens is 3. The van der Waals surface area contributed by atoms with Gasteiger partial charge in [-0.25, -0.2) is 0 Å². The predicted molar refractivity (Wildman–Crippen MR) is 150 cm³/mol. The van der Waals surface area contributed by atoms with Gasteiger partial charge in [-0.15, -0.1) is 0 Å². The van der Waals surface area contributed by atoms with E-state index in [1.807, 2.05) is 78.9 Å². The number of hydrogen-bond acceptors (Lipinski definition) is 9. The Morgan fingerprint density at radius 3 is 1.92 bits per heavy atom. The first-order valence-electron chi connectivity index (χ1n) is 12.5. The molecule has 1 aliphatic rings. The van der Waals surface area contributed by atoms with Crippen LogP contribution in [0.3, 0.4) is 0 Å². The van der Waals surface area contributed by atoms with Crippen LogP contribution in [0.5, 0.6) is 5.75 Å². The summed E-state index contributed by atoms with van der Waals surface area (Å²) in [7, 11) is 1.61. The minimum atomic E-state index is -0.0597. The average Bonchev–Trinajstić information content (AvgIpc) is 2.94. The normalized spacial score (nSPS) is 13.6.